The summed E-state index contributed by atoms with van der Waals surface area (Å²) in [4.78, 5) is 22.9. The summed E-state index contributed by atoms with van der Waals surface area (Å²) < 4.78 is -0.676. The van der Waals surface area contributed by atoms with Crippen LogP contribution in [-0.4, -0.2) is 15.6 Å². The van der Waals surface area contributed by atoms with Crippen LogP contribution in [0.4, 0.5) is 0 Å². The first-order valence-corrected chi connectivity index (χ1v) is 4.90. The van der Waals surface area contributed by atoms with Gasteiger partial charge in [-0.3, -0.25) is 9.59 Å². The molecule has 0 aliphatic carbocycles. The molecule has 0 aromatic carbocycles. The quantitative estimate of drug-likeness (QED) is 0.500. The maximum absolute atomic E-state index is 11.6. The number of hydrogen-bond donors (Lipinski definition) is 0. The van der Waals surface area contributed by atoms with Crippen molar-refractivity contribution in [2.45, 2.75) is 18.6 Å². The molecule has 1 aliphatic heterocycles. The van der Waals surface area contributed by atoms with Crippen molar-refractivity contribution in [3.05, 3.63) is 24.8 Å². The molecule has 13 heavy (non-hydrogen) atoms. The standard InChI is InChI=1S/C10H12O2S/c1-4-5-6-10(3)8(11)7(2)9(12)13-10/h4-7H,1H2,2-3H3/b6-5+. The van der Waals surface area contributed by atoms with Gasteiger partial charge < -0.3 is 0 Å². The third-order valence-electron chi connectivity index (χ3n) is 2.10. The van der Waals surface area contributed by atoms with Gasteiger partial charge >= 0.3 is 0 Å². The maximum Gasteiger partial charge on any atom is 0.200 e. The molecular weight excluding hydrogens is 184 g/mol. The lowest BCUT2D eigenvalue weighted by Gasteiger charge is -2.13. The Morgan fingerprint density at radius 2 is 2.15 bits per heavy atom. The second-order valence-electron chi connectivity index (χ2n) is 3.21. The monoisotopic (exact) mass is 196 g/mol. The molecule has 0 spiro atoms. The van der Waals surface area contributed by atoms with E-state index >= 15 is 0 Å². The number of hydrogen-bond acceptors (Lipinski definition) is 3. The highest BCUT2D eigenvalue weighted by Crippen LogP contribution is 2.40. The number of Topliss-reactive ketones (excluding diaryl/α,β-unsaturated/α-hetero) is 1. The van der Waals surface area contributed by atoms with Crippen molar-refractivity contribution in [2.75, 3.05) is 0 Å². The van der Waals surface area contributed by atoms with E-state index in [1.54, 1.807) is 32.1 Å². The molecular formula is C10H12O2S. The van der Waals surface area contributed by atoms with E-state index in [9.17, 15) is 9.59 Å². The number of thioether (sulfide) groups is 1. The predicted molar refractivity (Wildman–Crippen MR) is 54.5 cm³/mol. The van der Waals surface area contributed by atoms with Gasteiger partial charge in [-0.2, -0.15) is 0 Å². The molecule has 1 heterocycles. The molecule has 2 nitrogen and oxygen atoms in total. The van der Waals surface area contributed by atoms with Gasteiger partial charge in [0.2, 0.25) is 0 Å². The van der Waals surface area contributed by atoms with Crippen LogP contribution in [0.1, 0.15) is 13.8 Å². The highest BCUT2D eigenvalue weighted by Gasteiger charge is 2.46. The molecule has 1 saturated heterocycles. The Hall–Kier alpha value is -0.830. The second-order valence-corrected chi connectivity index (χ2v) is 4.66. The lowest BCUT2D eigenvalue weighted by Crippen LogP contribution is -2.27. The smallest absolute Gasteiger partial charge is 0.200 e. The molecule has 1 rings (SSSR count). The first kappa shape index (κ1) is 10.3. The maximum atomic E-state index is 11.6. The molecule has 0 radical (unpaired) electrons. The van der Waals surface area contributed by atoms with Gasteiger partial charge in [-0.15, -0.1) is 0 Å². The Labute approximate surface area is 82.1 Å². The Morgan fingerprint density at radius 3 is 2.54 bits per heavy atom. The molecule has 1 fully saturated rings. The van der Waals surface area contributed by atoms with Gasteiger partial charge in [0.25, 0.3) is 0 Å². The highest BCUT2D eigenvalue weighted by atomic mass is 32.2. The van der Waals surface area contributed by atoms with Crippen LogP contribution in [0.25, 0.3) is 0 Å². The average molecular weight is 196 g/mol. The normalized spacial score (nSPS) is 34.5. The lowest BCUT2D eigenvalue weighted by atomic mass is 9.96. The van der Waals surface area contributed by atoms with Crippen molar-refractivity contribution in [1.29, 1.82) is 0 Å². The zero-order chi connectivity index (χ0) is 10.1. The topological polar surface area (TPSA) is 34.1 Å². The van der Waals surface area contributed by atoms with E-state index in [-0.39, 0.29) is 10.9 Å². The fourth-order valence-corrected chi connectivity index (χ4v) is 2.38. The van der Waals surface area contributed by atoms with Crippen LogP contribution < -0.4 is 0 Å². The largest absolute Gasteiger partial charge is 0.297 e. The van der Waals surface area contributed by atoms with Crippen LogP contribution >= 0.6 is 11.8 Å². The summed E-state index contributed by atoms with van der Waals surface area (Å²) in [5, 5.41) is -0.0405. The minimum absolute atomic E-state index is 0.0133. The molecule has 0 bridgehead atoms. The van der Waals surface area contributed by atoms with Crippen molar-refractivity contribution in [2.24, 2.45) is 5.92 Å². The number of rotatable bonds is 2. The van der Waals surface area contributed by atoms with E-state index in [1.165, 1.54) is 0 Å². The number of allylic oxidation sites excluding steroid dienone is 2. The fourth-order valence-electron chi connectivity index (χ4n) is 1.25. The molecule has 2 unspecified atom stereocenters. The van der Waals surface area contributed by atoms with Crippen molar-refractivity contribution in [3.8, 4) is 0 Å². The summed E-state index contributed by atoms with van der Waals surface area (Å²) in [6.45, 7) is 6.95. The van der Waals surface area contributed by atoms with E-state index in [0.29, 0.717) is 0 Å². The van der Waals surface area contributed by atoms with E-state index in [2.05, 4.69) is 6.58 Å². The first-order valence-electron chi connectivity index (χ1n) is 4.08. The Morgan fingerprint density at radius 1 is 1.54 bits per heavy atom. The van der Waals surface area contributed by atoms with Crippen LogP contribution in [-0.2, 0) is 9.59 Å². The highest BCUT2D eigenvalue weighted by molar-refractivity contribution is 8.16. The third-order valence-corrected chi connectivity index (χ3v) is 3.42. The van der Waals surface area contributed by atoms with Crippen LogP contribution in [0.5, 0.6) is 0 Å². The molecule has 70 valence electrons. The van der Waals surface area contributed by atoms with Crippen LogP contribution in [0, 0.1) is 5.92 Å². The summed E-state index contributed by atoms with van der Waals surface area (Å²) >= 11 is 1.10. The molecule has 0 aromatic heterocycles. The zero-order valence-electron chi connectivity index (χ0n) is 7.74. The second kappa shape index (κ2) is 3.50. The number of carbonyl (C=O) groups is 2. The first-order chi connectivity index (χ1) is 6.01. The Kier molecular flexibility index (Phi) is 2.76. The molecule has 0 saturated carbocycles. The Bertz CT molecular complexity index is 293. The molecule has 1 aliphatic rings. The average Bonchev–Trinajstić information content (AvgIpc) is 2.28. The summed E-state index contributed by atoms with van der Waals surface area (Å²) in [5.74, 6) is -0.481. The van der Waals surface area contributed by atoms with Gasteiger partial charge in [0.05, 0.1) is 10.7 Å². The van der Waals surface area contributed by atoms with Crippen LogP contribution in [0.2, 0.25) is 0 Å². The van der Waals surface area contributed by atoms with Gasteiger partial charge in [-0.05, 0) is 13.8 Å². The van der Waals surface area contributed by atoms with Gasteiger partial charge in [0.1, 0.15) is 0 Å². The van der Waals surface area contributed by atoms with Crippen LogP contribution in [0.15, 0.2) is 24.8 Å². The molecule has 0 N–H and O–H groups in total. The summed E-state index contributed by atoms with van der Waals surface area (Å²) in [6, 6.07) is 0. The van der Waals surface area contributed by atoms with Crippen molar-refractivity contribution >= 4 is 22.7 Å². The van der Waals surface area contributed by atoms with E-state index in [4.69, 9.17) is 0 Å². The zero-order valence-corrected chi connectivity index (χ0v) is 8.56. The van der Waals surface area contributed by atoms with E-state index in [0.717, 1.165) is 11.8 Å². The molecule has 0 amide bonds. The van der Waals surface area contributed by atoms with Gasteiger partial charge in [-0.1, -0.05) is 36.6 Å². The van der Waals surface area contributed by atoms with Crippen molar-refractivity contribution < 1.29 is 9.59 Å². The molecule has 3 heteroatoms. The van der Waals surface area contributed by atoms with E-state index < -0.39 is 10.7 Å². The minimum Gasteiger partial charge on any atom is -0.297 e. The molecule has 0 aromatic rings. The summed E-state index contributed by atoms with van der Waals surface area (Å²) in [5.41, 5.74) is 0. The third kappa shape index (κ3) is 1.75. The minimum atomic E-state index is -0.676. The van der Waals surface area contributed by atoms with E-state index in [1.807, 2.05) is 0 Å². The van der Waals surface area contributed by atoms with Gasteiger partial charge in [0.15, 0.2) is 10.9 Å². The lowest BCUT2D eigenvalue weighted by molar-refractivity contribution is -0.126. The van der Waals surface area contributed by atoms with Crippen molar-refractivity contribution in [3.63, 3.8) is 0 Å². The fraction of sp³-hybridized carbons (Fsp3) is 0.400. The van der Waals surface area contributed by atoms with Crippen molar-refractivity contribution in [1.82, 2.24) is 0 Å². The van der Waals surface area contributed by atoms with Gasteiger partial charge in [-0.25, -0.2) is 0 Å². The summed E-state index contributed by atoms with van der Waals surface area (Å²) in [6.07, 6.45) is 5.04. The summed E-state index contributed by atoms with van der Waals surface area (Å²) in [7, 11) is 0. The number of carbonyl (C=O) groups excluding carboxylic acids is 2. The van der Waals surface area contributed by atoms with Crippen LogP contribution in [0.3, 0.4) is 0 Å². The molecule has 2 atom stereocenters. The van der Waals surface area contributed by atoms with Gasteiger partial charge in [0, 0.05) is 0 Å². The number of ketones is 1. The predicted octanol–water partition coefficient (Wildman–Crippen LogP) is 1.97. The Balaban J connectivity index is 2.94. The SMILES string of the molecule is C=C/C=C/C1(C)SC(=O)C(C)C1=O.